The molecule has 0 amide bonds. The van der Waals surface area contributed by atoms with E-state index >= 15 is 0 Å². The molecule has 1 aromatic rings. The van der Waals surface area contributed by atoms with Crippen LogP contribution in [0.25, 0.3) is 0 Å². The summed E-state index contributed by atoms with van der Waals surface area (Å²) in [6, 6.07) is 7.75. The molecule has 0 radical (unpaired) electrons. The lowest BCUT2D eigenvalue weighted by Crippen LogP contribution is -2.03. The van der Waals surface area contributed by atoms with Gasteiger partial charge in [-0.3, -0.25) is 0 Å². The molecule has 72 valence electrons. The second-order valence-corrected chi connectivity index (χ2v) is 3.69. The van der Waals surface area contributed by atoms with Crippen LogP contribution in [0, 0.1) is 6.92 Å². The van der Waals surface area contributed by atoms with Crippen LogP contribution < -0.4 is 5.32 Å². The Morgan fingerprint density at radius 3 is 1.92 bits per heavy atom. The van der Waals surface area contributed by atoms with E-state index in [1.807, 2.05) is 31.2 Å². The van der Waals surface area contributed by atoms with E-state index in [2.05, 4.69) is 5.32 Å². The van der Waals surface area contributed by atoms with E-state index in [-0.39, 0.29) is 0 Å². The molecule has 1 N–H and O–H groups in total. The van der Waals surface area contributed by atoms with Crippen molar-refractivity contribution in [2.75, 3.05) is 13.1 Å². The zero-order chi connectivity index (χ0) is 9.52. The number of aryl methyl sites for hydroxylation is 1. The van der Waals surface area contributed by atoms with Gasteiger partial charge in [0, 0.05) is 5.02 Å². The highest BCUT2D eigenvalue weighted by atomic mass is 35.5. The number of hydrogen-bond acceptors (Lipinski definition) is 1. The molecule has 1 aliphatic rings. The van der Waals surface area contributed by atoms with Crippen molar-refractivity contribution in [3.63, 3.8) is 0 Å². The predicted octanol–water partition coefficient (Wildman–Crippen LogP) is 3.02. The molecule has 1 aliphatic heterocycles. The van der Waals surface area contributed by atoms with E-state index in [0.29, 0.717) is 0 Å². The van der Waals surface area contributed by atoms with Gasteiger partial charge < -0.3 is 5.32 Å². The van der Waals surface area contributed by atoms with Crippen LogP contribution in [0.1, 0.15) is 18.4 Å². The van der Waals surface area contributed by atoms with E-state index in [4.69, 9.17) is 11.6 Å². The molecule has 0 aromatic heterocycles. The van der Waals surface area contributed by atoms with Crippen molar-refractivity contribution in [2.24, 2.45) is 0 Å². The molecule has 2 heteroatoms. The predicted molar refractivity (Wildman–Crippen MR) is 58.3 cm³/mol. The Bertz CT molecular complexity index is 198. The second-order valence-electron chi connectivity index (χ2n) is 3.25. The Morgan fingerprint density at radius 1 is 1.08 bits per heavy atom. The van der Waals surface area contributed by atoms with E-state index in [9.17, 15) is 0 Å². The standard InChI is InChI=1S/C7H7Cl.C4H9N/c1-6-2-4-7(8)5-3-6;1-2-4-5-3-1/h2-5H,1H3;5H,1-4H2. The van der Waals surface area contributed by atoms with Crippen LogP contribution in [0.15, 0.2) is 24.3 Å². The zero-order valence-corrected chi connectivity index (χ0v) is 8.77. The summed E-state index contributed by atoms with van der Waals surface area (Å²) in [5.41, 5.74) is 1.24. The Morgan fingerprint density at radius 2 is 1.62 bits per heavy atom. The SMILES string of the molecule is C1CCNC1.Cc1ccc(Cl)cc1. The minimum absolute atomic E-state index is 0.801. The summed E-state index contributed by atoms with van der Waals surface area (Å²) in [7, 11) is 0. The average Bonchev–Trinajstić information content (AvgIpc) is 2.68. The monoisotopic (exact) mass is 197 g/mol. The summed E-state index contributed by atoms with van der Waals surface area (Å²) in [5, 5.41) is 4.02. The van der Waals surface area contributed by atoms with Gasteiger partial charge in [0.15, 0.2) is 0 Å². The smallest absolute Gasteiger partial charge is 0.0406 e. The Kier molecular flexibility index (Phi) is 4.87. The fourth-order valence-corrected chi connectivity index (χ4v) is 1.28. The zero-order valence-electron chi connectivity index (χ0n) is 8.02. The summed E-state index contributed by atoms with van der Waals surface area (Å²) < 4.78 is 0. The van der Waals surface area contributed by atoms with E-state index < -0.39 is 0 Å². The van der Waals surface area contributed by atoms with Gasteiger partial charge in [-0.05, 0) is 45.0 Å². The third-order valence-corrected chi connectivity index (χ3v) is 2.22. The maximum absolute atomic E-state index is 5.61. The van der Waals surface area contributed by atoms with Crippen LogP contribution in [0.4, 0.5) is 0 Å². The van der Waals surface area contributed by atoms with Gasteiger partial charge in [0.2, 0.25) is 0 Å². The lowest BCUT2D eigenvalue weighted by molar-refractivity contribution is 0.857. The summed E-state index contributed by atoms with van der Waals surface area (Å²) >= 11 is 5.61. The van der Waals surface area contributed by atoms with Crippen molar-refractivity contribution in [1.82, 2.24) is 5.32 Å². The molecule has 0 atom stereocenters. The van der Waals surface area contributed by atoms with E-state index in [1.54, 1.807) is 0 Å². The lowest BCUT2D eigenvalue weighted by Gasteiger charge is -1.88. The first-order chi connectivity index (χ1) is 6.29. The topological polar surface area (TPSA) is 12.0 Å². The van der Waals surface area contributed by atoms with Crippen molar-refractivity contribution in [1.29, 1.82) is 0 Å². The molecule has 0 aliphatic carbocycles. The van der Waals surface area contributed by atoms with Crippen molar-refractivity contribution < 1.29 is 0 Å². The van der Waals surface area contributed by atoms with Crippen LogP contribution in [-0.4, -0.2) is 13.1 Å². The molecular weight excluding hydrogens is 182 g/mol. The molecule has 0 unspecified atom stereocenters. The van der Waals surface area contributed by atoms with Crippen LogP contribution >= 0.6 is 11.6 Å². The van der Waals surface area contributed by atoms with Crippen molar-refractivity contribution in [2.45, 2.75) is 19.8 Å². The maximum atomic E-state index is 5.61. The first-order valence-corrected chi connectivity index (χ1v) is 5.10. The third kappa shape index (κ3) is 4.91. The van der Waals surface area contributed by atoms with E-state index in [0.717, 1.165) is 5.02 Å². The fourth-order valence-electron chi connectivity index (χ4n) is 1.16. The molecule has 1 aromatic carbocycles. The van der Waals surface area contributed by atoms with Gasteiger partial charge in [0.1, 0.15) is 0 Å². The van der Waals surface area contributed by atoms with Gasteiger partial charge in [-0.25, -0.2) is 0 Å². The Labute approximate surface area is 85.1 Å². The summed E-state index contributed by atoms with van der Waals surface area (Å²) in [5.74, 6) is 0. The van der Waals surface area contributed by atoms with Crippen molar-refractivity contribution >= 4 is 11.6 Å². The second kappa shape index (κ2) is 6.01. The summed E-state index contributed by atoms with van der Waals surface area (Å²) in [4.78, 5) is 0. The number of benzene rings is 1. The van der Waals surface area contributed by atoms with Gasteiger partial charge in [-0.15, -0.1) is 0 Å². The molecule has 1 heterocycles. The van der Waals surface area contributed by atoms with Gasteiger partial charge in [-0.2, -0.15) is 0 Å². The van der Waals surface area contributed by atoms with E-state index in [1.165, 1.54) is 31.5 Å². The molecule has 1 nitrogen and oxygen atoms in total. The third-order valence-electron chi connectivity index (χ3n) is 1.97. The van der Waals surface area contributed by atoms with Crippen LogP contribution in [0.3, 0.4) is 0 Å². The average molecular weight is 198 g/mol. The highest BCUT2D eigenvalue weighted by Gasteiger charge is 1.93. The first-order valence-electron chi connectivity index (χ1n) is 4.72. The van der Waals surface area contributed by atoms with Gasteiger partial charge in [-0.1, -0.05) is 29.3 Å². The largest absolute Gasteiger partial charge is 0.317 e. The Balaban J connectivity index is 0.000000145. The summed E-state index contributed by atoms with van der Waals surface area (Å²) in [6.07, 6.45) is 2.78. The minimum Gasteiger partial charge on any atom is -0.317 e. The first kappa shape index (κ1) is 10.6. The number of hydrogen-bond donors (Lipinski definition) is 1. The van der Waals surface area contributed by atoms with Crippen LogP contribution in [0.5, 0.6) is 0 Å². The molecule has 2 rings (SSSR count). The van der Waals surface area contributed by atoms with Crippen molar-refractivity contribution in [3.8, 4) is 0 Å². The summed E-state index contributed by atoms with van der Waals surface area (Å²) in [6.45, 7) is 4.54. The fraction of sp³-hybridized carbons (Fsp3) is 0.455. The van der Waals surface area contributed by atoms with Gasteiger partial charge >= 0.3 is 0 Å². The molecule has 1 fully saturated rings. The van der Waals surface area contributed by atoms with Crippen molar-refractivity contribution in [3.05, 3.63) is 34.9 Å². The lowest BCUT2D eigenvalue weighted by atomic mass is 10.2. The van der Waals surface area contributed by atoms with Crippen LogP contribution in [-0.2, 0) is 0 Å². The Hall–Kier alpha value is -0.530. The molecule has 0 saturated carbocycles. The molecule has 1 saturated heterocycles. The highest BCUT2D eigenvalue weighted by Crippen LogP contribution is 2.07. The quantitative estimate of drug-likeness (QED) is 0.674. The number of nitrogens with one attached hydrogen (secondary N) is 1. The van der Waals surface area contributed by atoms with Gasteiger partial charge in [0.05, 0.1) is 0 Å². The minimum atomic E-state index is 0.801. The number of rotatable bonds is 0. The normalized spacial score (nSPS) is 14.9. The maximum Gasteiger partial charge on any atom is 0.0406 e. The molecule has 0 spiro atoms. The van der Waals surface area contributed by atoms with Crippen LogP contribution in [0.2, 0.25) is 5.02 Å². The van der Waals surface area contributed by atoms with Gasteiger partial charge in [0.25, 0.3) is 0 Å². The molecular formula is C11H16ClN. The molecule has 13 heavy (non-hydrogen) atoms. The molecule has 0 bridgehead atoms. The highest BCUT2D eigenvalue weighted by molar-refractivity contribution is 6.30. The number of halogens is 1.